The smallest absolute Gasteiger partial charge is 0.356 e. The Bertz CT molecular complexity index is 843. The molecular formula is C18H17ClFN3O3. The van der Waals surface area contributed by atoms with E-state index in [-0.39, 0.29) is 23.1 Å². The SMILES string of the molecule is C=C(NC(C(=O)OC)=C(Cl)C(N)=NCc1ccco1)c1ccc(F)cc1. The molecule has 0 spiro atoms. The van der Waals surface area contributed by atoms with Crippen LogP contribution in [0.2, 0.25) is 0 Å². The van der Waals surface area contributed by atoms with Gasteiger partial charge in [-0.2, -0.15) is 0 Å². The topological polar surface area (TPSA) is 89.8 Å². The minimum atomic E-state index is -0.755. The van der Waals surface area contributed by atoms with Gasteiger partial charge in [0.2, 0.25) is 0 Å². The summed E-state index contributed by atoms with van der Waals surface area (Å²) in [4.78, 5) is 16.1. The summed E-state index contributed by atoms with van der Waals surface area (Å²) in [7, 11) is 1.20. The number of hydrogen-bond donors (Lipinski definition) is 2. The molecule has 0 saturated carbocycles. The van der Waals surface area contributed by atoms with Gasteiger partial charge in [-0.05, 0) is 29.8 Å². The Balaban J connectivity index is 2.25. The molecule has 0 aliphatic rings. The summed E-state index contributed by atoms with van der Waals surface area (Å²) < 4.78 is 22.9. The first-order valence-corrected chi connectivity index (χ1v) is 7.82. The van der Waals surface area contributed by atoms with Crippen LogP contribution in [0, 0.1) is 5.82 Å². The fraction of sp³-hybridized carbons (Fsp3) is 0.111. The molecule has 0 aliphatic carbocycles. The van der Waals surface area contributed by atoms with Gasteiger partial charge in [-0.15, -0.1) is 0 Å². The number of hydrogen-bond acceptors (Lipinski definition) is 5. The van der Waals surface area contributed by atoms with Crippen molar-refractivity contribution in [1.82, 2.24) is 5.32 Å². The minimum absolute atomic E-state index is 0.0807. The number of methoxy groups -OCH3 is 1. The highest BCUT2D eigenvalue weighted by atomic mass is 35.5. The molecule has 2 aromatic rings. The number of nitrogens with two attached hydrogens (primary N) is 1. The van der Waals surface area contributed by atoms with Crippen molar-refractivity contribution in [3.8, 4) is 0 Å². The number of carbonyl (C=O) groups excluding carboxylic acids is 1. The molecule has 0 unspecified atom stereocenters. The lowest BCUT2D eigenvalue weighted by molar-refractivity contribution is -0.136. The molecule has 0 bridgehead atoms. The highest BCUT2D eigenvalue weighted by Gasteiger charge is 2.19. The summed E-state index contributed by atoms with van der Waals surface area (Å²) >= 11 is 6.20. The molecule has 6 nitrogen and oxygen atoms in total. The number of rotatable bonds is 7. The Labute approximate surface area is 154 Å². The van der Waals surface area contributed by atoms with Crippen molar-refractivity contribution >= 4 is 29.1 Å². The highest BCUT2D eigenvalue weighted by molar-refractivity contribution is 6.44. The van der Waals surface area contributed by atoms with Crippen molar-refractivity contribution in [2.24, 2.45) is 10.7 Å². The van der Waals surface area contributed by atoms with Crippen LogP contribution >= 0.6 is 11.6 Å². The van der Waals surface area contributed by atoms with E-state index in [1.54, 1.807) is 12.1 Å². The first-order chi connectivity index (χ1) is 12.4. The molecule has 1 aromatic heterocycles. The van der Waals surface area contributed by atoms with Crippen molar-refractivity contribution in [3.05, 3.63) is 77.1 Å². The molecule has 8 heteroatoms. The fourth-order valence-corrected chi connectivity index (χ4v) is 2.12. The van der Waals surface area contributed by atoms with E-state index in [1.165, 1.54) is 37.6 Å². The molecule has 0 amide bonds. The number of amidine groups is 1. The number of aliphatic imine (C=N–C) groups is 1. The third kappa shape index (κ3) is 4.97. The average molecular weight is 378 g/mol. The van der Waals surface area contributed by atoms with Gasteiger partial charge >= 0.3 is 5.97 Å². The lowest BCUT2D eigenvalue weighted by atomic mass is 10.1. The van der Waals surface area contributed by atoms with Gasteiger partial charge in [0, 0.05) is 5.70 Å². The van der Waals surface area contributed by atoms with Crippen LogP contribution in [0.4, 0.5) is 4.39 Å². The lowest BCUT2D eigenvalue weighted by Gasteiger charge is -2.14. The molecule has 2 rings (SSSR count). The van der Waals surface area contributed by atoms with Crippen LogP contribution in [0.15, 0.2) is 69.4 Å². The molecule has 1 aromatic carbocycles. The summed E-state index contributed by atoms with van der Waals surface area (Å²) in [5.74, 6) is -0.643. The summed E-state index contributed by atoms with van der Waals surface area (Å²) in [6.45, 7) is 3.96. The average Bonchev–Trinajstić information content (AvgIpc) is 3.17. The van der Waals surface area contributed by atoms with Gasteiger partial charge in [0.25, 0.3) is 0 Å². The quantitative estimate of drug-likeness (QED) is 0.335. The predicted octanol–water partition coefficient (Wildman–Crippen LogP) is 3.16. The van der Waals surface area contributed by atoms with Crippen LogP contribution in [0.1, 0.15) is 11.3 Å². The molecule has 0 fully saturated rings. The second-order valence-electron chi connectivity index (χ2n) is 5.07. The van der Waals surface area contributed by atoms with E-state index in [0.717, 1.165) is 0 Å². The summed E-state index contributed by atoms with van der Waals surface area (Å²) in [5.41, 5.74) is 6.58. The zero-order chi connectivity index (χ0) is 19.1. The van der Waals surface area contributed by atoms with Gasteiger partial charge in [0.15, 0.2) is 0 Å². The number of halogens is 2. The van der Waals surface area contributed by atoms with Gasteiger partial charge in [0.05, 0.1) is 19.9 Å². The van der Waals surface area contributed by atoms with Crippen LogP contribution in [0.3, 0.4) is 0 Å². The van der Waals surface area contributed by atoms with Crippen molar-refractivity contribution in [3.63, 3.8) is 0 Å². The lowest BCUT2D eigenvalue weighted by Crippen LogP contribution is -2.26. The van der Waals surface area contributed by atoms with Gasteiger partial charge in [-0.3, -0.25) is 4.99 Å². The van der Waals surface area contributed by atoms with Gasteiger partial charge in [0.1, 0.15) is 28.1 Å². The molecule has 136 valence electrons. The second-order valence-corrected chi connectivity index (χ2v) is 5.45. The Hall–Kier alpha value is -3.06. The zero-order valence-electron chi connectivity index (χ0n) is 14.0. The van der Waals surface area contributed by atoms with Gasteiger partial charge in [-0.25, -0.2) is 9.18 Å². The maximum atomic E-state index is 13.0. The molecule has 0 radical (unpaired) electrons. The first-order valence-electron chi connectivity index (χ1n) is 7.45. The van der Waals surface area contributed by atoms with Crippen LogP contribution in [-0.4, -0.2) is 18.9 Å². The molecule has 0 aliphatic heterocycles. The maximum absolute atomic E-state index is 13.0. The minimum Gasteiger partial charge on any atom is -0.467 e. The van der Waals surface area contributed by atoms with E-state index in [9.17, 15) is 9.18 Å². The standard InChI is InChI=1S/C18H17ClFN3O3/c1-11(12-5-7-13(20)8-6-12)23-16(18(24)25-2)15(19)17(21)22-10-14-4-3-9-26-14/h3-9,23H,1,10H2,2H3,(H2,21,22). The summed E-state index contributed by atoms with van der Waals surface area (Å²) in [6, 6.07) is 8.98. The number of nitrogens with zero attached hydrogens (tertiary/aromatic N) is 1. The van der Waals surface area contributed by atoms with E-state index >= 15 is 0 Å². The molecular weight excluding hydrogens is 361 g/mol. The number of benzene rings is 1. The molecule has 0 atom stereocenters. The largest absolute Gasteiger partial charge is 0.467 e. The van der Waals surface area contributed by atoms with E-state index in [4.69, 9.17) is 26.5 Å². The van der Waals surface area contributed by atoms with Crippen molar-refractivity contribution in [1.29, 1.82) is 0 Å². The third-order valence-electron chi connectivity index (χ3n) is 3.29. The maximum Gasteiger partial charge on any atom is 0.356 e. The zero-order valence-corrected chi connectivity index (χ0v) is 14.7. The fourth-order valence-electron chi connectivity index (χ4n) is 1.93. The van der Waals surface area contributed by atoms with E-state index < -0.39 is 11.8 Å². The van der Waals surface area contributed by atoms with E-state index in [1.807, 2.05) is 0 Å². The second kappa shape index (κ2) is 8.87. The summed E-state index contributed by atoms with van der Waals surface area (Å²) in [5, 5.41) is 2.62. The van der Waals surface area contributed by atoms with Crippen LogP contribution < -0.4 is 11.1 Å². The number of furan rings is 1. The van der Waals surface area contributed by atoms with Gasteiger partial charge in [-0.1, -0.05) is 30.3 Å². The number of nitrogens with one attached hydrogen (secondary N) is 1. The molecule has 3 N–H and O–H groups in total. The Kier molecular flexibility index (Phi) is 6.57. The van der Waals surface area contributed by atoms with Crippen LogP contribution in [0.5, 0.6) is 0 Å². The third-order valence-corrected chi connectivity index (χ3v) is 3.67. The first kappa shape index (κ1) is 19.3. The number of esters is 1. The van der Waals surface area contributed by atoms with E-state index in [0.29, 0.717) is 17.0 Å². The molecule has 0 saturated heterocycles. The summed E-state index contributed by atoms with van der Waals surface area (Å²) in [6.07, 6.45) is 1.51. The van der Waals surface area contributed by atoms with Gasteiger partial charge < -0.3 is 20.2 Å². The Morgan fingerprint density at radius 1 is 1.38 bits per heavy atom. The van der Waals surface area contributed by atoms with Crippen LogP contribution in [0.25, 0.3) is 5.70 Å². The van der Waals surface area contributed by atoms with E-state index in [2.05, 4.69) is 16.9 Å². The normalized spacial score (nSPS) is 12.3. The number of carbonyl (C=O) groups is 1. The highest BCUT2D eigenvalue weighted by Crippen LogP contribution is 2.17. The molecule has 1 heterocycles. The number of ether oxygens (including phenoxy) is 1. The molecule has 26 heavy (non-hydrogen) atoms. The Morgan fingerprint density at radius 3 is 2.65 bits per heavy atom. The predicted molar refractivity (Wildman–Crippen MR) is 97.5 cm³/mol. The van der Waals surface area contributed by atoms with Crippen molar-refractivity contribution < 1.29 is 18.3 Å². The van der Waals surface area contributed by atoms with Crippen molar-refractivity contribution in [2.45, 2.75) is 6.54 Å². The van der Waals surface area contributed by atoms with Crippen molar-refractivity contribution in [2.75, 3.05) is 7.11 Å². The van der Waals surface area contributed by atoms with Crippen LogP contribution in [-0.2, 0) is 16.1 Å². The Morgan fingerprint density at radius 2 is 2.08 bits per heavy atom. The monoisotopic (exact) mass is 377 g/mol.